The molecule has 0 bridgehead atoms. The summed E-state index contributed by atoms with van der Waals surface area (Å²) in [7, 11) is -5.38. The minimum atomic E-state index is -4.01. The van der Waals surface area contributed by atoms with E-state index < -0.39 is 37.5 Å². The lowest BCUT2D eigenvalue weighted by Gasteiger charge is -2.42. The Morgan fingerprint density at radius 1 is 1.18 bits per heavy atom. The average Bonchev–Trinajstić information content (AvgIpc) is 2.64. The predicted octanol–water partition coefficient (Wildman–Crippen LogP) is 1.26. The Balaban J connectivity index is 1.89. The third kappa shape index (κ3) is 3.80. The van der Waals surface area contributed by atoms with Crippen LogP contribution in [-0.2, 0) is 25.6 Å². The van der Waals surface area contributed by atoms with Crippen LogP contribution in [0.1, 0.15) is 13.8 Å². The highest BCUT2D eigenvalue weighted by Gasteiger charge is 2.50. The zero-order valence-corrected chi connectivity index (χ0v) is 17.1. The molecule has 150 valence electrons. The Kier molecular flexibility index (Phi) is 5.55. The van der Waals surface area contributed by atoms with Crippen LogP contribution in [0.4, 0.5) is 0 Å². The maximum Gasteiger partial charge on any atom is 0.243 e. The number of rotatable bonds is 5. The number of pyridine rings is 1. The second-order valence-corrected chi connectivity index (χ2v) is 10.9. The summed E-state index contributed by atoms with van der Waals surface area (Å²) in [5.41, 5.74) is 5.48. The zero-order chi connectivity index (χ0) is 20.5. The molecule has 2 aromatic rings. The van der Waals surface area contributed by atoms with Crippen LogP contribution in [0.2, 0.25) is 0 Å². The molecule has 28 heavy (non-hydrogen) atoms. The molecule has 1 amide bonds. The number of ether oxygens (including phenoxy) is 1. The Morgan fingerprint density at radius 2 is 1.75 bits per heavy atom. The molecule has 1 aliphatic heterocycles. The number of amides is 1. The molecular weight excluding hydrogens is 402 g/mol. The minimum absolute atomic E-state index is 0.00399. The molecule has 1 unspecified atom stereocenters. The van der Waals surface area contributed by atoms with Gasteiger partial charge in [-0.25, -0.2) is 8.42 Å². The third-order valence-electron chi connectivity index (χ3n) is 4.62. The van der Waals surface area contributed by atoms with Crippen molar-refractivity contribution in [1.29, 1.82) is 0 Å². The number of hydrogen-bond donors (Lipinski definition) is 1. The fourth-order valence-electron chi connectivity index (χ4n) is 3.14. The number of carbonyl (C=O) groups is 1. The Bertz CT molecular complexity index is 992. The summed E-state index contributed by atoms with van der Waals surface area (Å²) in [4.78, 5) is 15.9. The van der Waals surface area contributed by atoms with Gasteiger partial charge in [-0.2, -0.15) is 4.31 Å². The van der Waals surface area contributed by atoms with Gasteiger partial charge < -0.3 is 10.5 Å². The van der Waals surface area contributed by atoms with E-state index in [0.717, 1.165) is 4.31 Å². The standard InChI is InChI=1S/C18H21N3O5S2/c1-18(2)16(17(19)22)21(11-12-27(18)23)28(24,25)15-5-3-13(4-6-15)26-14-7-9-20-10-8-14/h3-10,16H,11-12H2,1-2H3,(H2,19,22)/t16-,27?/m0/s1. The van der Waals surface area contributed by atoms with Crippen molar-refractivity contribution >= 4 is 26.7 Å². The van der Waals surface area contributed by atoms with Crippen LogP contribution in [-0.4, -0.2) is 50.9 Å². The summed E-state index contributed by atoms with van der Waals surface area (Å²) in [6.45, 7) is 3.14. The van der Waals surface area contributed by atoms with Gasteiger partial charge in [0.25, 0.3) is 0 Å². The van der Waals surface area contributed by atoms with Crippen molar-refractivity contribution in [2.45, 2.75) is 29.5 Å². The molecule has 2 heterocycles. The molecule has 3 rings (SSSR count). The van der Waals surface area contributed by atoms with Gasteiger partial charge in [-0.05, 0) is 50.2 Å². The van der Waals surface area contributed by atoms with Crippen molar-refractivity contribution < 1.29 is 22.2 Å². The number of nitrogens with zero attached hydrogens (tertiary/aromatic N) is 2. The molecule has 1 saturated heterocycles. The van der Waals surface area contributed by atoms with Crippen molar-refractivity contribution in [3.8, 4) is 11.5 Å². The lowest BCUT2D eigenvalue weighted by Crippen LogP contribution is -2.64. The van der Waals surface area contributed by atoms with E-state index in [9.17, 15) is 17.4 Å². The van der Waals surface area contributed by atoms with E-state index in [1.807, 2.05) is 0 Å². The predicted molar refractivity (Wildman–Crippen MR) is 105 cm³/mol. The lowest BCUT2D eigenvalue weighted by molar-refractivity contribution is -0.122. The first-order valence-electron chi connectivity index (χ1n) is 8.51. The smallest absolute Gasteiger partial charge is 0.243 e. The molecule has 8 nitrogen and oxygen atoms in total. The van der Waals surface area contributed by atoms with E-state index in [-0.39, 0.29) is 17.2 Å². The van der Waals surface area contributed by atoms with Gasteiger partial charge in [0, 0.05) is 35.5 Å². The van der Waals surface area contributed by atoms with E-state index in [1.165, 1.54) is 24.3 Å². The number of aromatic nitrogens is 1. The lowest BCUT2D eigenvalue weighted by atomic mass is 10.0. The van der Waals surface area contributed by atoms with Crippen molar-refractivity contribution in [3.63, 3.8) is 0 Å². The summed E-state index contributed by atoms with van der Waals surface area (Å²) in [6, 6.07) is 8.03. The number of hydrogen-bond acceptors (Lipinski definition) is 6. The molecule has 1 aliphatic rings. The van der Waals surface area contributed by atoms with Gasteiger partial charge in [-0.1, -0.05) is 0 Å². The monoisotopic (exact) mass is 423 g/mol. The number of nitrogens with two attached hydrogens (primary N) is 1. The molecular formula is C18H21N3O5S2. The Hall–Kier alpha value is -2.30. The fourth-order valence-corrected chi connectivity index (χ4v) is 6.43. The topological polar surface area (TPSA) is 120 Å². The van der Waals surface area contributed by atoms with Crippen LogP contribution in [0, 0.1) is 0 Å². The van der Waals surface area contributed by atoms with Gasteiger partial charge in [-0.3, -0.25) is 14.0 Å². The molecule has 2 atom stereocenters. The first-order valence-corrected chi connectivity index (χ1v) is 11.3. The van der Waals surface area contributed by atoms with Crippen molar-refractivity contribution in [2.75, 3.05) is 12.3 Å². The van der Waals surface area contributed by atoms with Gasteiger partial charge in [0.1, 0.15) is 17.5 Å². The molecule has 1 aromatic carbocycles. The molecule has 1 fully saturated rings. The van der Waals surface area contributed by atoms with Gasteiger partial charge in [0.2, 0.25) is 15.9 Å². The first kappa shape index (κ1) is 20.4. The normalized spacial score (nSPS) is 22.5. The number of carbonyl (C=O) groups excluding carboxylic acids is 1. The quantitative estimate of drug-likeness (QED) is 0.773. The van der Waals surface area contributed by atoms with E-state index in [1.54, 1.807) is 38.4 Å². The van der Waals surface area contributed by atoms with Crippen molar-refractivity contribution in [2.24, 2.45) is 5.73 Å². The summed E-state index contributed by atoms with van der Waals surface area (Å²) in [5.74, 6) is 0.342. The van der Waals surface area contributed by atoms with Crippen LogP contribution in [0.3, 0.4) is 0 Å². The highest BCUT2D eigenvalue weighted by atomic mass is 32.2. The van der Waals surface area contributed by atoms with E-state index in [4.69, 9.17) is 10.5 Å². The van der Waals surface area contributed by atoms with E-state index in [0.29, 0.717) is 11.5 Å². The minimum Gasteiger partial charge on any atom is -0.457 e. The van der Waals surface area contributed by atoms with Gasteiger partial charge >= 0.3 is 0 Å². The summed E-state index contributed by atoms with van der Waals surface area (Å²) in [6.07, 6.45) is 3.17. The second kappa shape index (κ2) is 7.61. The largest absolute Gasteiger partial charge is 0.457 e. The summed E-state index contributed by atoms with van der Waals surface area (Å²) >= 11 is 0. The molecule has 0 spiro atoms. The van der Waals surface area contributed by atoms with Gasteiger partial charge in [0.05, 0.1) is 9.64 Å². The molecule has 0 aliphatic carbocycles. The zero-order valence-electron chi connectivity index (χ0n) is 15.4. The highest BCUT2D eigenvalue weighted by molar-refractivity contribution is 7.90. The maximum atomic E-state index is 13.1. The van der Waals surface area contributed by atoms with E-state index >= 15 is 0 Å². The van der Waals surface area contributed by atoms with Crippen LogP contribution in [0.15, 0.2) is 53.7 Å². The first-order chi connectivity index (χ1) is 13.1. The molecule has 10 heteroatoms. The number of primary amides is 1. The SMILES string of the molecule is CC1(C)[C@H](C(N)=O)N(S(=O)(=O)c2ccc(Oc3ccncc3)cc2)CCS1=O. The van der Waals surface area contributed by atoms with Crippen molar-refractivity contribution in [3.05, 3.63) is 48.8 Å². The number of benzene rings is 1. The van der Waals surface area contributed by atoms with Crippen molar-refractivity contribution in [1.82, 2.24) is 9.29 Å². The van der Waals surface area contributed by atoms with Gasteiger partial charge in [-0.15, -0.1) is 0 Å². The van der Waals surface area contributed by atoms with E-state index in [2.05, 4.69) is 4.98 Å². The number of sulfonamides is 1. The summed E-state index contributed by atoms with van der Waals surface area (Å²) in [5, 5.41) is 0. The molecule has 0 radical (unpaired) electrons. The molecule has 1 aromatic heterocycles. The average molecular weight is 424 g/mol. The molecule has 2 N–H and O–H groups in total. The van der Waals surface area contributed by atoms with Crippen LogP contribution in [0.5, 0.6) is 11.5 Å². The third-order valence-corrected chi connectivity index (χ3v) is 8.44. The van der Waals surface area contributed by atoms with Gasteiger partial charge in [0.15, 0.2) is 0 Å². The Morgan fingerprint density at radius 3 is 2.32 bits per heavy atom. The fraction of sp³-hybridized carbons (Fsp3) is 0.333. The maximum absolute atomic E-state index is 13.1. The molecule has 0 saturated carbocycles. The Labute approximate surface area is 166 Å². The summed E-state index contributed by atoms with van der Waals surface area (Å²) < 4.78 is 44.2. The second-order valence-electron chi connectivity index (χ2n) is 6.83. The highest BCUT2D eigenvalue weighted by Crippen LogP contribution is 2.32. The van der Waals surface area contributed by atoms with Crippen LogP contribution >= 0.6 is 0 Å². The van der Waals surface area contributed by atoms with Crippen LogP contribution in [0.25, 0.3) is 0 Å². The van der Waals surface area contributed by atoms with Crippen LogP contribution < -0.4 is 10.5 Å².